The number of likely N-dealkylation sites (tertiary alicyclic amines) is 1. The molecule has 1 saturated heterocycles. The predicted molar refractivity (Wildman–Crippen MR) is 156 cm³/mol. The van der Waals surface area contributed by atoms with Gasteiger partial charge in [0.15, 0.2) is 0 Å². The van der Waals surface area contributed by atoms with Crippen molar-refractivity contribution in [1.82, 2.24) is 10.2 Å². The minimum Gasteiger partial charge on any atom is -0.480 e. The molecule has 3 rings (SSSR count). The first-order valence-electron chi connectivity index (χ1n) is 14.6. The number of carbonyl (C=O) groups is 3. The fourth-order valence-corrected chi connectivity index (χ4v) is 6.26. The fourth-order valence-electron chi connectivity index (χ4n) is 5.41. The molecule has 1 unspecified atom stereocenters. The summed E-state index contributed by atoms with van der Waals surface area (Å²) in [6, 6.07) is 8.77. The number of rotatable bonds is 15. The van der Waals surface area contributed by atoms with Crippen molar-refractivity contribution < 1.29 is 24.2 Å². The fraction of sp³-hybridized carbons (Fsp3) is 0.645. The third kappa shape index (κ3) is 11.0. The van der Waals surface area contributed by atoms with Gasteiger partial charge in [0.2, 0.25) is 11.8 Å². The average molecular weight is 559 g/mol. The lowest BCUT2D eigenvalue weighted by atomic mass is 9.86. The summed E-state index contributed by atoms with van der Waals surface area (Å²) in [7, 11) is 0. The molecule has 3 atom stereocenters. The molecule has 2 amide bonds. The van der Waals surface area contributed by atoms with E-state index in [1.807, 2.05) is 55.2 Å². The Bertz CT molecular complexity index is 932. The summed E-state index contributed by atoms with van der Waals surface area (Å²) in [5.74, 6) is 0.486. The van der Waals surface area contributed by atoms with Crippen LogP contribution >= 0.6 is 11.8 Å². The Morgan fingerprint density at radius 3 is 2.54 bits per heavy atom. The summed E-state index contributed by atoms with van der Waals surface area (Å²) in [6.07, 6.45) is 12.7. The lowest BCUT2D eigenvalue weighted by Crippen LogP contribution is -2.47. The Kier molecular flexibility index (Phi) is 13.4. The van der Waals surface area contributed by atoms with Gasteiger partial charge in [-0.15, -0.1) is 0 Å². The van der Waals surface area contributed by atoms with E-state index in [0.29, 0.717) is 31.1 Å². The molecule has 0 bridgehead atoms. The van der Waals surface area contributed by atoms with Gasteiger partial charge >= 0.3 is 5.97 Å². The van der Waals surface area contributed by atoms with Gasteiger partial charge in [0, 0.05) is 24.5 Å². The van der Waals surface area contributed by atoms with Gasteiger partial charge in [-0.25, -0.2) is 4.79 Å². The Morgan fingerprint density at radius 1 is 1.10 bits per heavy atom. The van der Waals surface area contributed by atoms with Crippen molar-refractivity contribution in [2.45, 2.75) is 96.4 Å². The van der Waals surface area contributed by atoms with Crippen LogP contribution in [0.5, 0.6) is 0 Å². The summed E-state index contributed by atoms with van der Waals surface area (Å²) >= 11 is 1.46. The van der Waals surface area contributed by atoms with Crippen molar-refractivity contribution >= 4 is 29.5 Å². The van der Waals surface area contributed by atoms with E-state index in [1.165, 1.54) is 43.9 Å². The summed E-state index contributed by atoms with van der Waals surface area (Å²) in [5.41, 5.74) is 0.965. The molecule has 2 aliphatic rings. The third-order valence-corrected chi connectivity index (χ3v) is 8.55. The van der Waals surface area contributed by atoms with Crippen molar-refractivity contribution in [3.05, 3.63) is 48.0 Å². The molecule has 1 aliphatic heterocycles. The van der Waals surface area contributed by atoms with E-state index < -0.39 is 18.1 Å². The molecule has 1 aliphatic carbocycles. The van der Waals surface area contributed by atoms with Crippen LogP contribution in [0.3, 0.4) is 0 Å². The average Bonchev–Trinajstić information content (AvgIpc) is 3.39. The van der Waals surface area contributed by atoms with Crippen molar-refractivity contribution in [3.8, 4) is 0 Å². The van der Waals surface area contributed by atoms with Crippen LogP contribution in [0.15, 0.2) is 42.5 Å². The van der Waals surface area contributed by atoms with Crippen LogP contribution in [0.2, 0.25) is 0 Å². The third-order valence-electron chi connectivity index (χ3n) is 7.55. The van der Waals surface area contributed by atoms with E-state index in [2.05, 4.69) is 11.4 Å². The van der Waals surface area contributed by atoms with Gasteiger partial charge in [0.25, 0.3) is 0 Å². The quantitative estimate of drug-likeness (QED) is 0.220. The molecule has 0 spiro atoms. The minimum atomic E-state index is -1.05. The van der Waals surface area contributed by atoms with Gasteiger partial charge < -0.3 is 20.1 Å². The number of nitrogens with zero attached hydrogens (tertiary/aromatic N) is 1. The van der Waals surface area contributed by atoms with Crippen LogP contribution in [-0.2, 0) is 25.7 Å². The molecule has 1 heterocycles. The number of benzene rings is 1. The zero-order valence-electron chi connectivity index (χ0n) is 23.6. The topological polar surface area (TPSA) is 95.9 Å². The molecule has 0 aromatic heterocycles. The second kappa shape index (κ2) is 16.7. The maximum atomic E-state index is 13.0. The highest BCUT2D eigenvalue weighted by molar-refractivity contribution is 7.99. The van der Waals surface area contributed by atoms with Crippen LogP contribution in [0.4, 0.5) is 0 Å². The molecule has 39 heavy (non-hydrogen) atoms. The van der Waals surface area contributed by atoms with Gasteiger partial charge in [0.05, 0.1) is 12.6 Å². The van der Waals surface area contributed by atoms with E-state index in [4.69, 9.17) is 4.74 Å². The zero-order chi connectivity index (χ0) is 28.0. The number of thioether (sulfide) groups is 1. The van der Waals surface area contributed by atoms with Crippen molar-refractivity contribution in [2.75, 3.05) is 18.1 Å². The predicted octanol–water partition coefficient (Wildman–Crippen LogP) is 5.44. The van der Waals surface area contributed by atoms with E-state index in [9.17, 15) is 19.5 Å². The van der Waals surface area contributed by atoms with Crippen LogP contribution in [0, 0.1) is 11.8 Å². The molecule has 1 aromatic carbocycles. The molecular formula is C31H46N2O5S. The molecule has 216 valence electrons. The molecule has 2 fully saturated rings. The highest BCUT2D eigenvalue weighted by Crippen LogP contribution is 2.29. The van der Waals surface area contributed by atoms with E-state index in [0.717, 1.165) is 24.9 Å². The lowest BCUT2D eigenvalue weighted by Gasteiger charge is -2.27. The number of hydrogen-bond acceptors (Lipinski definition) is 5. The molecule has 1 aromatic rings. The standard InChI is InChI=1S/C31H46N2O5S/c1-23(2)19-28(38-21-25-13-7-4-8-14-25)30(35)32-27(31(36)37)22-39-18-10-16-26-15-9-17-33(26)29(34)20-24-11-5-3-6-12-24/h4,7-8,10,13-14,16,23-24,26-28H,3,5-6,9,11-12,15,17-22H2,1-2H3,(H,32,35)(H,36,37)/b16-10+/t26?,27-,28-/m0/s1. The van der Waals surface area contributed by atoms with Crippen LogP contribution in [0.25, 0.3) is 0 Å². The normalized spacial score (nSPS) is 19.9. The number of aliphatic carboxylic acids is 1. The number of carbonyl (C=O) groups excluding carboxylic acids is 2. The molecule has 8 heteroatoms. The Hall–Kier alpha value is -2.32. The zero-order valence-corrected chi connectivity index (χ0v) is 24.4. The number of carboxylic acids is 1. The maximum absolute atomic E-state index is 13.0. The van der Waals surface area contributed by atoms with Gasteiger partial charge in [-0.05, 0) is 49.5 Å². The monoisotopic (exact) mass is 558 g/mol. The summed E-state index contributed by atoms with van der Waals surface area (Å²) in [5, 5.41) is 12.4. The van der Waals surface area contributed by atoms with Crippen molar-refractivity contribution in [3.63, 3.8) is 0 Å². The number of carboxylic acid groups (broad SMARTS) is 1. The molecule has 7 nitrogen and oxygen atoms in total. The minimum absolute atomic E-state index is 0.134. The molecule has 0 radical (unpaired) electrons. The number of nitrogens with one attached hydrogen (secondary N) is 1. The highest BCUT2D eigenvalue weighted by Gasteiger charge is 2.29. The molecular weight excluding hydrogens is 512 g/mol. The molecule has 2 N–H and O–H groups in total. The summed E-state index contributed by atoms with van der Waals surface area (Å²) in [6.45, 7) is 5.14. The maximum Gasteiger partial charge on any atom is 0.327 e. The highest BCUT2D eigenvalue weighted by atomic mass is 32.2. The van der Waals surface area contributed by atoms with Gasteiger partial charge in [-0.2, -0.15) is 11.8 Å². The molecule has 1 saturated carbocycles. The van der Waals surface area contributed by atoms with Crippen molar-refractivity contribution in [2.24, 2.45) is 11.8 Å². The summed E-state index contributed by atoms with van der Waals surface area (Å²) < 4.78 is 5.90. The van der Waals surface area contributed by atoms with Crippen molar-refractivity contribution in [1.29, 1.82) is 0 Å². The van der Waals surface area contributed by atoms with E-state index in [-0.39, 0.29) is 29.5 Å². The number of amides is 2. The summed E-state index contributed by atoms with van der Waals surface area (Å²) in [4.78, 5) is 39.8. The number of ether oxygens (including phenoxy) is 1. The Labute approximate surface area is 238 Å². The lowest BCUT2D eigenvalue weighted by molar-refractivity contribution is -0.144. The van der Waals surface area contributed by atoms with Crippen LogP contribution in [-0.4, -0.2) is 64.0 Å². The SMILES string of the molecule is CC(C)C[C@H](OCc1ccccc1)C(=O)N[C@@H](CSC/C=C/C1CCCN1C(=O)CC1CCCCC1)C(=O)O. The number of hydrogen-bond donors (Lipinski definition) is 2. The van der Waals surface area contributed by atoms with Gasteiger partial charge in [0.1, 0.15) is 12.1 Å². The van der Waals surface area contributed by atoms with Crippen LogP contribution in [0.1, 0.15) is 77.2 Å². The first kappa shape index (κ1) is 31.2. The first-order valence-corrected chi connectivity index (χ1v) is 15.7. The second-order valence-electron chi connectivity index (χ2n) is 11.3. The smallest absolute Gasteiger partial charge is 0.327 e. The largest absolute Gasteiger partial charge is 0.480 e. The van der Waals surface area contributed by atoms with Gasteiger partial charge in [-0.3, -0.25) is 9.59 Å². The van der Waals surface area contributed by atoms with E-state index in [1.54, 1.807) is 0 Å². The van der Waals surface area contributed by atoms with Gasteiger partial charge in [-0.1, -0.05) is 75.6 Å². The Balaban J connectivity index is 1.44. The van der Waals surface area contributed by atoms with Crippen LogP contribution < -0.4 is 5.32 Å². The van der Waals surface area contributed by atoms with E-state index >= 15 is 0 Å². The Morgan fingerprint density at radius 2 is 1.85 bits per heavy atom. The second-order valence-corrected chi connectivity index (χ2v) is 12.4. The first-order chi connectivity index (χ1) is 18.8.